The van der Waals surface area contributed by atoms with E-state index in [1.165, 1.54) is 19.8 Å². The molecule has 0 aromatic rings. The van der Waals surface area contributed by atoms with Crippen LogP contribution in [-0.2, 0) is 9.53 Å². The number of carbonyl (C=O) groups excluding carboxylic acids is 1. The summed E-state index contributed by atoms with van der Waals surface area (Å²) in [5, 5.41) is 0. The highest BCUT2D eigenvalue weighted by Gasteiger charge is 2.33. The molecule has 76 valence electrons. The number of hydrogen-bond acceptors (Lipinski definition) is 2. The Labute approximate surface area is 80.7 Å². The lowest BCUT2D eigenvalue weighted by Gasteiger charge is -2.17. The van der Waals surface area contributed by atoms with Crippen molar-refractivity contribution >= 4 is 5.97 Å². The van der Waals surface area contributed by atoms with Crippen molar-refractivity contribution in [2.45, 2.75) is 52.6 Å². The number of esters is 1. The summed E-state index contributed by atoms with van der Waals surface area (Å²) in [5.74, 6) is 1.25. The Kier molecular flexibility index (Phi) is 3.76. The second kappa shape index (κ2) is 4.64. The highest BCUT2D eigenvalue weighted by Crippen LogP contribution is 2.36. The summed E-state index contributed by atoms with van der Waals surface area (Å²) < 4.78 is 5.31. The second-order valence-electron chi connectivity index (χ2n) is 4.06. The molecule has 0 aromatic carbocycles. The molecule has 3 atom stereocenters. The summed E-state index contributed by atoms with van der Waals surface area (Å²) in [6.45, 7) is 5.90. The van der Waals surface area contributed by atoms with Gasteiger partial charge in [0.2, 0.25) is 0 Å². The third kappa shape index (κ3) is 2.71. The average Bonchev–Trinajstić information content (AvgIpc) is 2.46. The van der Waals surface area contributed by atoms with Crippen LogP contribution in [0.5, 0.6) is 0 Å². The van der Waals surface area contributed by atoms with Gasteiger partial charge in [-0.3, -0.25) is 4.79 Å². The Balaban J connectivity index is 2.47. The first-order valence-electron chi connectivity index (χ1n) is 5.34. The molecule has 0 N–H and O–H groups in total. The van der Waals surface area contributed by atoms with Gasteiger partial charge in [0, 0.05) is 6.92 Å². The number of carbonyl (C=O) groups is 1. The lowest BCUT2D eigenvalue weighted by Crippen LogP contribution is -2.20. The van der Waals surface area contributed by atoms with Crippen LogP contribution >= 0.6 is 0 Å². The highest BCUT2D eigenvalue weighted by atomic mass is 16.5. The number of ether oxygens (including phenoxy) is 1. The quantitative estimate of drug-likeness (QED) is 0.630. The van der Waals surface area contributed by atoms with Crippen molar-refractivity contribution < 1.29 is 9.53 Å². The molecule has 1 aliphatic carbocycles. The molecule has 1 saturated carbocycles. The molecule has 0 radical (unpaired) electrons. The van der Waals surface area contributed by atoms with E-state index in [1.807, 2.05) is 0 Å². The molecule has 0 amide bonds. The predicted octanol–water partition coefficient (Wildman–Crippen LogP) is 2.76. The molecule has 0 heterocycles. The normalized spacial score (nSPS) is 33.3. The third-order valence-corrected chi connectivity index (χ3v) is 3.15. The minimum atomic E-state index is -0.125. The Morgan fingerprint density at radius 3 is 2.46 bits per heavy atom. The maximum absolute atomic E-state index is 10.8. The summed E-state index contributed by atoms with van der Waals surface area (Å²) in [4.78, 5) is 10.8. The fraction of sp³-hybridized carbons (Fsp3) is 0.909. The monoisotopic (exact) mass is 184 g/mol. The Morgan fingerprint density at radius 2 is 2.00 bits per heavy atom. The fourth-order valence-electron chi connectivity index (χ4n) is 2.32. The zero-order chi connectivity index (χ0) is 9.84. The standard InChI is InChI=1S/C11H20O2/c1-4-9-6-10(5-2)11(7-9)13-8(3)12/h9-11H,4-7H2,1-3H3. The van der Waals surface area contributed by atoms with E-state index in [4.69, 9.17) is 4.74 Å². The van der Waals surface area contributed by atoms with Gasteiger partial charge in [0.1, 0.15) is 6.10 Å². The van der Waals surface area contributed by atoms with Gasteiger partial charge in [-0.05, 0) is 31.1 Å². The van der Waals surface area contributed by atoms with E-state index in [2.05, 4.69) is 13.8 Å². The lowest BCUT2D eigenvalue weighted by molar-refractivity contribution is -0.148. The molecule has 0 saturated heterocycles. The van der Waals surface area contributed by atoms with E-state index in [1.54, 1.807) is 0 Å². The summed E-state index contributed by atoms with van der Waals surface area (Å²) in [6.07, 6.45) is 4.87. The largest absolute Gasteiger partial charge is 0.462 e. The molecule has 3 unspecified atom stereocenters. The fourth-order valence-corrected chi connectivity index (χ4v) is 2.32. The maximum atomic E-state index is 10.8. The SMILES string of the molecule is CCC1CC(CC)C(OC(C)=O)C1. The Hall–Kier alpha value is -0.530. The van der Waals surface area contributed by atoms with Crippen LogP contribution in [0.2, 0.25) is 0 Å². The van der Waals surface area contributed by atoms with Crippen LogP contribution in [0.3, 0.4) is 0 Å². The third-order valence-electron chi connectivity index (χ3n) is 3.15. The van der Waals surface area contributed by atoms with E-state index in [0.29, 0.717) is 5.92 Å². The summed E-state index contributed by atoms with van der Waals surface area (Å²) >= 11 is 0. The van der Waals surface area contributed by atoms with Crippen LogP contribution in [0.1, 0.15) is 46.5 Å². The minimum Gasteiger partial charge on any atom is -0.462 e. The molecule has 2 nitrogen and oxygen atoms in total. The Morgan fingerprint density at radius 1 is 1.31 bits per heavy atom. The lowest BCUT2D eigenvalue weighted by atomic mass is 10.0. The maximum Gasteiger partial charge on any atom is 0.302 e. The van der Waals surface area contributed by atoms with Crippen molar-refractivity contribution in [1.29, 1.82) is 0 Å². The van der Waals surface area contributed by atoms with Gasteiger partial charge < -0.3 is 4.74 Å². The van der Waals surface area contributed by atoms with Gasteiger partial charge in [-0.2, -0.15) is 0 Å². The molecular weight excluding hydrogens is 164 g/mol. The van der Waals surface area contributed by atoms with Gasteiger partial charge in [0.25, 0.3) is 0 Å². The van der Waals surface area contributed by atoms with Crippen LogP contribution in [0.4, 0.5) is 0 Å². The van der Waals surface area contributed by atoms with Crippen LogP contribution in [0, 0.1) is 11.8 Å². The van der Waals surface area contributed by atoms with Crippen LogP contribution in [0.25, 0.3) is 0 Å². The van der Waals surface area contributed by atoms with E-state index in [-0.39, 0.29) is 12.1 Å². The molecule has 1 rings (SSSR count). The van der Waals surface area contributed by atoms with Crippen molar-refractivity contribution in [3.8, 4) is 0 Å². The summed E-state index contributed by atoms with van der Waals surface area (Å²) in [6, 6.07) is 0. The van der Waals surface area contributed by atoms with Crippen LogP contribution < -0.4 is 0 Å². The topological polar surface area (TPSA) is 26.3 Å². The molecule has 13 heavy (non-hydrogen) atoms. The van der Waals surface area contributed by atoms with Crippen LogP contribution in [-0.4, -0.2) is 12.1 Å². The average molecular weight is 184 g/mol. The van der Waals surface area contributed by atoms with Gasteiger partial charge in [0.05, 0.1) is 0 Å². The van der Waals surface area contributed by atoms with Gasteiger partial charge in [-0.15, -0.1) is 0 Å². The first kappa shape index (κ1) is 10.6. The first-order chi connectivity index (χ1) is 6.17. The molecule has 0 bridgehead atoms. The predicted molar refractivity (Wildman–Crippen MR) is 52.4 cm³/mol. The highest BCUT2D eigenvalue weighted by molar-refractivity contribution is 5.66. The van der Waals surface area contributed by atoms with Crippen molar-refractivity contribution in [2.24, 2.45) is 11.8 Å². The van der Waals surface area contributed by atoms with E-state index in [0.717, 1.165) is 18.8 Å². The van der Waals surface area contributed by atoms with Gasteiger partial charge in [-0.1, -0.05) is 20.3 Å². The number of hydrogen-bond donors (Lipinski definition) is 0. The van der Waals surface area contributed by atoms with Gasteiger partial charge in [-0.25, -0.2) is 0 Å². The second-order valence-corrected chi connectivity index (χ2v) is 4.06. The number of rotatable bonds is 3. The Bertz CT molecular complexity index is 177. The molecular formula is C11H20O2. The summed E-state index contributed by atoms with van der Waals surface area (Å²) in [5.41, 5.74) is 0. The smallest absolute Gasteiger partial charge is 0.302 e. The van der Waals surface area contributed by atoms with Gasteiger partial charge >= 0.3 is 5.97 Å². The van der Waals surface area contributed by atoms with E-state index < -0.39 is 0 Å². The molecule has 0 aliphatic heterocycles. The van der Waals surface area contributed by atoms with Crippen molar-refractivity contribution in [3.05, 3.63) is 0 Å². The minimum absolute atomic E-state index is 0.125. The van der Waals surface area contributed by atoms with Crippen LogP contribution in [0.15, 0.2) is 0 Å². The van der Waals surface area contributed by atoms with E-state index in [9.17, 15) is 4.79 Å². The molecule has 1 fully saturated rings. The molecule has 1 aliphatic rings. The van der Waals surface area contributed by atoms with Crippen molar-refractivity contribution in [3.63, 3.8) is 0 Å². The van der Waals surface area contributed by atoms with Gasteiger partial charge in [0.15, 0.2) is 0 Å². The molecule has 0 spiro atoms. The zero-order valence-corrected chi connectivity index (χ0v) is 8.88. The zero-order valence-electron chi connectivity index (χ0n) is 8.88. The molecule has 2 heteroatoms. The van der Waals surface area contributed by atoms with E-state index >= 15 is 0 Å². The van der Waals surface area contributed by atoms with Crippen molar-refractivity contribution in [2.75, 3.05) is 0 Å². The summed E-state index contributed by atoms with van der Waals surface area (Å²) in [7, 11) is 0. The first-order valence-corrected chi connectivity index (χ1v) is 5.34. The molecule has 0 aromatic heterocycles. The van der Waals surface area contributed by atoms with Crippen molar-refractivity contribution in [1.82, 2.24) is 0 Å².